The maximum Gasteiger partial charge on any atom is 0.323 e. The predicted octanol–water partition coefficient (Wildman–Crippen LogP) is 5.58. The van der Waals surface area contributed by atoms with E-state index in [9.17, 15) is 9.59 Å². The lowest BCUT2D eigenvalue weighted by Gasteiger charge is -2.20. The Morgan fingerprint density at radius 3 is 2.25 bits per heavy atom. The highest BCUT2D eigenvalue weighted by atomic mass is 16.5. The summed E-state index contributed by atoms with van der Waals surface area (Å²) in [5, 5.41) is 0. The molecule has 0 aliphatic carbocycles. The van der Waals surface area contributed by atoms with Gasteiger partial charge in [-0.3, -0.25) is 9.59 Å². The largest absolute Gasteiger partial charge is 0.465 e. The van der Waals surface area contributed by atoms with Crippen molar-refractivity contribution in [3.05, 3.63) is 12.5 Å². The van der Waals surface area contributed by atoms with Crippen LogP contribution in [0.2, 0.25) is 0 Å². The number of rotatable bonds is 22. The van der Waals surface area contributed by atoms with E-state index < -0.39 is 12.0 Å². The number of nitrogens with two attached hydrogens (primary N) is 2. The summed E-state index contributed by atoms with van der Waals surface area (Å²) in [6, 6.07) is -0.649. The summed E-state index contributed by atoms with van der Waals surface area (Å²) >= 11 is 0. The van der Waals surface area contributed by atoms with Gasteiger partial charge in [0.2, 0.25) is 5.95 Å². The van der Waals surface area contributed by atoms with E-state index in [1.807, 2.05) is 18.4 Å². The number of carbonyl (C=O) groups excluding carboxylic acids is 2. The van der Waals surface area contributed by atoms with Crippen molar-refractivity contribution < 1.29 is 19.1 Å². The number of anilines is 1. The molecule has 0 fully saturated rings. The second-order valence-electron chi connectivity index (χ2n) is 11.0. The zero-order valence-corrected chi connectivity index (χ0v) is 25.0. The zero-order valence-electron chi connectivity index (χ0n) is 25.0. The average Bonchev–Trinajstić information content (AvgIpc) is 3.34. The molecule has 10 nitrogen and oxygen atoms in total. The normalized spacial score (nSPS) is 13.7. The van der Waals surface area contributed by atoms with Crippen molar-refractivity contribution in [2.24, 2.45) is 17.6 Å². The number of aromatic nitrogens is 4. The van der Waals surface area contributed by atoms with Gasteiger partial charge >= 0.3 is 11.9 Å². The first kappa shape index (κ1) is 33.5. The van der Waals surface area contributed by atoms with Crippen molar-refractivity contribution in [3.8, 4) is 0 Å². The zero-order chi connectivity index (χ0) is 29.2. The molecule has 2 aromatic rings. The number of ether oxygens (including phenoxy) is 2. The van der Waals surface area contributed by atoms with Gasteiger partial charge in [0.15, 0.2) is 5.65 Å². The number of carbonyl (C=O) groups is 2. The number of hydrogen-bond acceptors (Lipinski definition) is 9. The molecule has 0 aliphatic rings. The Hall–Kier alpha value is -2.75. The van der Waals surface area contributed by atoms with Crippen LogP contribution >= 0.6 is 0 Å². The minimum absolute atomic E-state index is 0.0438. The van der Waals surface area contributed by atoms with E-state index in [2.05, 4.69) is 21.9 Å². The van der Waals surface area contributed by atoms with Gasteiger partial charge in [0.25, 0.3) is 0 Å². The first-order valence-corrected chi connectivity index (χ1v) is 15.4. The van der Waals surface area contributed by atoms with Gasteiger partial charge in [-0.2, -0.15) is 4.98 Å². The molecule has 0 amide bonds. The molecule has 226 valence electrons. The van der Waals surface area contributed by atoms with E-state index in [-0.39, 0.29) is 37.0 Å². The topological polar surface area (TPSA) is 148 Å². The molecule has 2 heterocycles. The summed E-state index contributed by atoms with van der Waals surface area (Å²) in [5.41, 5.74) is 13.0. The van der Waals surface area contributed by atoms with Crippen LogP contribution in [0, 0.1) is 11.8 Å². The SMILES string of the molecule is CCCCCCCCCCCCCC(=O)OC[C@H](CCOC(=O)[C@@H](N)C(C)CC)Cn1cnc2cnc(N)nc21. The fourth-order valence-electron chi connectivity index (χ4n) is 4.63. The first-order chi connectivity index (χ1) is 19.3. The monoisotopic (exact) mass is 560 g/mol. The molecule has 1 unspecified atom stereocenters. The van der Waals surface area contributed by atoms with Crippen molar-refractivity contribution in [2.45, 2.75) is 123 Å². The molecular weight excluding hydrogens is 508 g/mol. The van der Waals surface area contributed by atoms with Gasteiger partial charge in [0.05, 0.1) is 25.7 Å². The highest BCUT2D eigenvalue weighted by Gasteiger charge is 2.22. The molecule has 3 atom stereocenters. The number of fused-ring (bicyclic) bond motifs is 1. The predicted molar refractivity (Wildman–Crippen MR) is 158 cm³/mol. The lowest BCUT2D eigenvalue weighted by Crippen LogP contribution is -2.38. The van der Waals surface area contributed by atoms with Crippen molar-refractivity contribution in [2.75, 3.05) is 18.9 Å². The number of hydrogen-bond donors (Lipinski definition) is 2. The third kappa shape index (κ3) is 12.6. The second-order valence-corrected chi connectivity index (χ2v) is 11.0. The third-order valence-electron chi connectivity index (χ3n) is 7.60. The van der Waals surface area contributed by atoms with Crippen LogP contribution in [-0.4, -0.2) is 50.7 Å². The van der Waals surface area contributed by atoms with Crippen LogP contribution in [0.5, 0.6) is 0 Å². The van der Waals surface area contributed by atoms with Crippen LogP contribution in [0.25, 0.3) is 11.2 Å². The quantitative estimate of drug-likeness (QED) is 0.139. The molecule has 0 bridgehead atoms. The highest BCUT2D eigenvalue weighted by Crippen LogP contribution is 2.17. The minimum atomic E-state index is -0.649. The Bertz CT molecular complexity index is 998. The molecule has 2 rings (SSSR count). The van der Waals surface area contributed by atoms with Gasteiger partial charge < -0.3 is 25.5 Å². The standard InChI is InChI=1S/C30H52N6O4/c1-4-6-7-8-9-10-11-12-13-14-15-16-26(37)40-21-24(17-18-39-29(38)27(31)23(3)5-2)20-36-22-34-25-19-33-30(32)35-28(25)36/h19,22-24,27H,4-18,20-21,31H2,1-3H3,(H2,32,33,35)/t23?,24-,27+/m1/s1. The van der Waals surface area contributed by atoms with E-state index in [1.54, 1.807) is 12.5 Å². The Balaban J connectivity index is 1.77. The molecule has 4 N–H and O–H groups in total. The van der Waals surface area contributed by atoms with E-state index in [4.69, 9.17) is 20.9 Å². The van der Waals surface area contributed by atoms with Crippen molar-refractivity contribution in [3.63, 3.8) is 0 Å². The summed E-state index contributed by atoms with van der Waals surface area (Å²) in [6.07, 6.45) is 18.5. The van der Waals surface area contributed by atoms with E-state index in [0.717, 1.165) is 25.7 Å². The maximum atomic E-state index is 12.5. The molecule has 0 aromatic carbocycles. The van der Waals surface area contributed by atoms with Crippen molar-refractivity contribution in [1.82, 2.24) is 19.5 Å². The van der Waals surface area contributed by atoms with E-state index in [0.29, 0.717) is 30.6 Å². The van der Waals surface area contributed by atoms with Gasteiger partial charge in [-0.1, -0.05) is 91.4 Å². The molecule has 0 saturated carbocycles. The molecule has 40 heavy (non-hydrogen) atoms. The highest BCUT2D eigenvalue weighted by molar-refractivity contribution is 5.75. The van der Waals surface area contributed by atoms with Gasteiger partial charge in [0, 0.05) is 18.9 Å². The van der Waals surface area contributed by atoms with Crippen LogP contribution in [0.1, 0.15) is 111 Å². The summed E-state index contributed by atoms with van der Waals surface area (Å²) in [7, 11) is 0. The smallest absolute Gasteiger partial charge is 0.323 e. The molecule has 0 radical (unpaired) electrons. The van der Waals surface area contributed by atoms with Crippen molar-refractivity contribution in [1.29, 1.82) is 0 Å². The molecule has 10 heteroatoms. The van der Waals surface area contributed by atoms with Gasteiger partial charge in [0.1, 0.15) is 11.6 Å². The molecule has 2 aromatic heterocycles. The van der Waals surface area contributed by atoms with Crippen molar-refractivity contribution >= 4 is 29.1 Å². The number of imidazole rings is 1. The lowest BCUT2D eigenvalue weighted by molar-refractivity contribution is -0.149. The number of unbranched alkanes of at least 4 members (excludes halogenated alkanes) is 10. The number of esters is 2. The fourth-order valence-corrected chi connectivity index (χ4v) is 4.63. The minimum Gasteiger partial charge on any atom is -0.465 e. The van der Waals surface area contributed by atoms with Crippen LogP contribution in [0.15, 0.2) is 12.5 Å². The molecule has 0 spiro atoms. The average molecular weight is 561 g/mol. The van der Waals surface area contributed by atoms with Crippen LogP contribution in [0.4, 0.5) is 5.95 Å². The molecule has 0 aliphatic heterocycles. The van der Waals surface area contributed by atoms with Crippen LogP contribution in [0.3, 0.4) is 0 Å². The Labute approximate surface area is 240 Å². The van der Waals surface area contributed by atoms with Gasteiger partial charge in [-0.05, 0) is 18.8 Å². The first-order valence-electron chi connectivity index (χ1n) is 15.4. The number of nitrogen functional groups attached to an aromatic ring is 1. The fraction of sp³-hybridized carbons (Fsp3) is 0.767. The van der Waals surface area contributed by atoms with Crippen LogP contribution in [-0.2, 0) is 25.6 Å². The second kappa shape index (κ2) is 19.3. The summed E-state index contributed by atoms with van der Waals surface area (Å²) in [6.45, 7) is 7.05. The third-order valence-corrected chi connectivity index (χ3v) is 7.60. The summed E-state index contributed by atoms with van der Waals surface area (Å²) in [5.74, 6) is -0.504. The number of nitrogens with zero attached hydrogens (tertiary/aromatic N) is 4. The van der Waals surface area contributed by atoms with Gasteiger partial charge in [-0.25, -0.2) is 9.97 Å². The van der Waals surface area contributed by atoms with Gasteiger partial charge in [-0.15, -0.1) is 0 Å². The van der Waals surface area contributed by atoms with E-state index in [1.165, 1.54) is 51.4 Å². The summed E-state index contributed by atoms with van der Waals surface area (Å²) in [4.78, 5) is 37.4. The Morgan fingerprint density at radius 2 is 1.60 bits per heavy atom. The maximum absolute atomic E-state index is 12.5. The Kier molecular flexibility index (Phi) is 16.2. The molecular formula is C30H52N6O4. The Morgan fingerprint density at radius 1 is 0.950 bits per heavy atom. The molecule has 0 saturated heterocycles. The lowest BCUT2D eigenvalue weighted by atomic mass is 10.0. The summed E-state index contributed by atoms with van der Waals surface area (Å²) < 4.78 is 13.0. The van der Waals surface area contributed by atoms with E-state index >= 15 is 0 Å². The van der Waals surface area contributed by atoms with Crippen LogP contribution < -0.4 is 11.5 Å².